The van der Waals surface area contributed by atoms with Crippen LogP contribution >= 0.6 is 0 Å². The number of nitrogens with one attached hydrogen (secondary N) is 1. The highest BCUT2D eigenvalue weighted by atomic mass is 19.1. The van der Waals surface area contributed by atoms with Crippen molar-refractivity contribution in [2.75, 3.05) is 5.32 Å². The first-order valence-corrected chi connectivity index (χ1v) is 9.11. The summed E-state index contributed by atoms with van der Waals surface area (Å²) in [4.78, 5) is 29.6. The average molecular weight is 379 g/mol. The number of benzene rings is 2. The molecule has 0 aliphatic rings. The number of carbonyl (C=O) groups excluding carboxylic acids is 1. The Labute approximate surface area is 162 Å². The summed E-state index contributed by atoms with van der Waals surface area (Å²) in [5, 5.41) is 2.80. The Balaban J connectivity index is 1.95. The zero-order valence-corrected chi connectivity index (χ0v) is 16.1. The van der Waals surface area contributed by atoms with E-state index in [1.807, 2.05) is 39.0 Å². The third-order valence-corrected chi connectivity index (χ3v) is 4.60. The minimum atomic E-state index is -0.431. The Morgan fingerprint density at radius 1 is 1.11 bits per heavy atom. The van der Waals surface area contributed by atoms with E-state index in [4.69, 9.17) is 0 Å². The first-order valence-electron chi connectivity index (χ1n) is 9.11. The molecule has 0 fully saturated rings. The lowest BCUT2D eigenvalue weighted by molar-refractivity contribution is -0.116. The molecule has 0 unspecified atom stereocenters. The number of aryl methyl sites for hydroxylation is 3. The van der Waals surface area contributed by atoms with Gasteiger partial charge in [-0.05, 0) is 55.7 Å². The van der Waals surface area contributed by atoms with E-state index in [1.54, 1.807) is 12.1 Å². The normalized spacial score (nSPS) is 10.7. The molecule has 3 aromatic rings. The van der Waals surface area contributed by atoms with E-state index >= 15 is 0 Å². The van der Waals surface area contributed by atoms with Crippen LogP contribution in [0.2, 0.25) is 0 Å². The fraction of sp³-hybridized carbons (Fsp3) is 0.227. The fourth-order valence-corrected chi connectivity index (χ4v) is 2.90. The van der Waals surface area contributed by atoms with Crippen LogP contribution in [0, 0.1) is 19.7 Å². The summed E-state index contributed by atoms with van der Waals surface area (Å²) >= 11 is 0. The maximum atomic E-state index is 13.7. The third kappa shape index (κ3) is 4.34. The second kappa shape index (κ2) is 8.17. The molecule has 5 nitrogen and oxygen atoms in total. The summed E-state index contributed by atoms with van der Waals surface area (Å²) in [5.41, 5.74) is 3.54. The van der Waals surface area contributed by atoms with Gasteiger partial charge in [-0.25, -0.2) is 9.37 Å². The molecule has 1 aromatic heterocycles. The van der Waals surface area contributed by atoms with E-state index in [9.17, 15) is 14.0 Å². The third-order valence-electron chi connectivity index (χ3n) is 4.60. The van der Waals surface area contributed by atoms with Gasteiger partial charge in [0.15, 0.2) is 0 Å². The zero-order chi connectivity index (χ0) is 20.3. The number of halogens is 1. The van der Waals surface area contributed by atoms with Gasteiger partial charge < -0.3 is 5.32 Å². The fourth-order valence-electron chi connectivity index (χ4n) is 2.90. The Morgan fingerprint density at radius 2 is 1.89 bits per heavy atom. The lowest BCUT2D eigenvalue weighted by Gasteiger charge is -2.14. The predicted molar refractivity (Wildman–Crippen MR) is 108 cm³/mol. The molecule has 0 bridgehead atoms. The van der Waals surface area contributed by atoms with Crippen molar-refractivity contribution in [2.45, 2.75) is 33.7 Å². The van der Waals surface area contributed by atoms with Gasteiger partial charge in [0.1, 0.15) is 18.2 Å². The summed E-state index contributed by atoms with van der Waals surface area (Å²) in [7, 11) is 0. The molecule has 1 amide bonds. The van der Waals surface area contributed by atoms with E-state index in [0.717, 1.165) is 11.1 Å². The van der Waals surface area contributed by atoms with E-state index < -0.39 is 5.82 Å². The van der Waals surface area contributed by atoms with Crippen molar-refractivity contribution in [3.05, 3.63) is 81.5 Å². The van der Waals surface area contributed by atoms with Crippen LogP contribution in [0.5, 0.6) is 0 Å². The largest absolute Gasteiger partial charge is 0.325 e. The summed E-state index contributed by atoms with van der Waals surface area (Å²) in [6, 6.07) is 12.9. The molecule has 0 saturated carbocycles. The molecule has 0 spiro atoms. The van der Waals surface area contributed by atoms with Crippen LogP contribution in [-0.2, 0) is 17.8 Å². The van der Waals surface area contributed by atoms with Crippen LogP contribution in [0.25, 0.3) is 11.4 Å². The topological polar surface area (TPSA) is 64.0 Å². The van der Waals surface area contributed by atoms with E-state index in [2.05, 4.69) is 10.3 Å². The van der Waals surface area contributed by atoms with Crippen LogP contribution in [0.4, 0.5) is 10.1 Å². The number of anilines is 1. The first-order chi connectivity index (χ1) is 13.4. The Bertz CT molecular complexity index is 1090. The minimum absolute atomic E-state index is 0.214. The smallest absolute Gasteiger partial charge is 0.254 e. The second-order valence-electron chi connectivity index (χ2n) is 6.71. The van der Waals surface area contributed by atoms with E-state index in [1.165, 1.54) is 22.8 Å². The second-order valence-corrected chi connectivity index (χ2v) is 6.71. The summed E-state index contributed by atoms with van der Waals surface area (Å²) in [5.74, 6) is -0.507. The van der Waals surface area contributed by atoms with Gasteiger partial charge in [0.25, 0.3) is 5.56 Å². The van der Waals surface area contributed by atoms with E-state index in [-0.39, 0.29) is 23.8 Å². The van der Waals surface area contributed by atoms with Crippen molar-refractivity contribution >= 4 is 11.6 Å². The first kappa shape index (κ1) is 19.5. The van der Waals surface area contributed by atoms with E-state index in [0.29, 0.717) is 23.4 Å². The van der Waals surface area contributed by atoms with Gasteiger partial charge in [0, 0.05) is 23.0 Å². The predicted octanol–water partition coefficient (Wildman–Crippen LogP) is 3.87. The number of aromatic nitrogens is 2. The summed E-state index contributed by atoms with van der Waals surface area (Å²) in [6.45, 7) is 5.63. The minimum Gasteiger partial charge on any atom is -0.325 e. The molecule has 0 saturated heterocycles. The highest BCUT2D eigenvalue weighted by Crippen LogP contribution is 2.18. The monoisotopic (exact) mass is 379 g/mol. The average Bonchev–Trinajstić information content (AvgIpc) is 2.66. The van der Waals surface area contributed by atoms with Gasteiger partial charge in [-0.1, -0.05) is 25.1 Å². The molecule has 3 rings (SSSR count). The molecule has 6 heteroatoms. The van der Waals surface area contributed by atoms with Crippen molar-refractivity contribution in [1.82, 2.24) is 9.55 Å². The maximum absolute atomic E-state index is 13.7. The van der Waals surface area contributed by atoms with Crippen LogP contribution in [0.1, 0.15) is 23.7 Å². The number of rotatable bonds is 5. The van der Waals surface area contributed by atoms with Gasteiger partial charge in [0.05, 0.1) is 0 Å². The number of nitrogens with zero attached hydrogens (tertiary/aromatic N) is 2. The summed E-state index contributed by atoms with van der Waals surface area (Å²) < 4.78 is 15.0. The Hall–Kier alpha value is -3.28. The summed E-state index contributed by atoms with van der Waals surface area (Å²) in [6.07, 6.45) is 0.563. The molecule has 144 valence electrons. The molecule has 1 heterocycles. The van der Waals surface area contributed by atoms with Crippen molar-refractivity contribution in [3.63, 3.8) is 0 Å². The van der Waals surface area contributed by atoms with Crippen molar-refractivity contribution < 1.29 is 9.18 Å². The molecule has 0 atom stereocenters. The molecule has 2 aromatic carbocycles. The Morgan fingerprint density at radius 3 is 2.57 bits per heavy atom. The zero-order valence-electron chi connectivity index (χ0n) is 16.1. The molecule has 0 radical (unpaired) electrons. The standard InChI is InChI=1S/C22H22FN3O2/c1-4-18-12-21(28)26(22(25-18)16-6-5-7-17(23)11-16)13-20(27)24-19-9-8-14(2)15(3)10-19/h5-12H,4,13H2,1-3H3,(H,24,27). The number of carbonyl (C=O) groups is 1. The SMILES string of the molecule is CCc1cc(=O)n(CC(=O)Nc2ccc(C)c(C)c2)c(-c2cccc(F)c2)n1. The van der Waals surface area contributed by atoms with Crippen LogP contribution in [0.15, 0.2) is 53.3 Å². The highest BCUT2D eigenvalue weighted by molar-refractivity contribution is 5.91. The van der Waals surface area contributed by atoms with Crippen LogP contribution in [0.3, 0.4) is 0 Å². The maximum Gasteiger partial charge on any atom is 0.254 e. The Kier molecular flexibility index (Phi) is 5.68. The molecule has 28 heavy (non-hydrogen) atoms. The highest BCUT2D eigenvalue weighted by Gasteiger charge is 2.14. The number of hydrogen-bond donors (Lipinski definition) is 1. The quantitative estimate of drug-likeness (QED) is 0.732. The lowest BCUT2D eigenvalue weighted by Crippen LogP contribution is -2.30. The molecular formula is C22H22FN3O2. The van der Waals surface area contributed by atoms with Gasteiger partial charge >= 0.3 is 0 Å². The molecule has 0 aliphatic carbocycles. The van der Waals surface area contributed by atoms with Gasteiger partial charge in [-0.2, -0.15) is 0 Å². The molecule has 1 N–H and O–H groups in total. The molecule has 0 aliphatic heterocycles. The van der Waals surface area contributed by atoms with Gasteiger partial charge in [0.2, 0.25) is 5.91 Å². The van der Waals surface area contributed by atoms with Crippen LogP contribution in [-0.4, -0.2) is 15.5 Å². The van der Waals surface area contributed by atoms with Gasteiger partial charge in [-0.3, -0.25) is 14.2 Å². The number of amides is 1. The van der Waals surface area contributed by atoms with Gasteiger partial charge in [-0.15, -0.1) is 0 Å². The lowest BCUT2D eigenvalue weighted by atomic mass is 10.1. The number of hydrogen-bond acceptors (Lipinski definition) is 3. The van der Waals surface area contributed by atoms with Crippen LogP contribution < -0.4 is 10.9 Å². The van der Waals surface area contributed by atoms with Crippen molar-refractivity contribution in [2.24, 2.45) is 0 Å². The van der Waals surface area contributed by atoms with Crippen molar-refractivity contribution in [3.8, 4) is 11.4 Å². The van der Waals surface area contributed by atoms with Crippen molar-refractivity contribution in [1.29, 1.82) is 0 Å². The molecular weight excluding hydrogens is 357 g/mol.